The number of hydrogen-bond acceptors (Lipinski definition) is 2. The van der Waals surface area contributed by atoms with Crippen LogP contribution in [0.15, 0.2) is 57.9 Å². The lowest BCUT2D eigenvalue weighted by Gasteiger charge is -2.15. The number of nitrogens with zero attached hydrogens (tertiary/aromatic N) is 1. The normalized spacial score (nSPS) is 12.3. The largest absolute Gasteiger partial charge is 0.314 e. The number of pyridine rings is 1. The monoisotopic (exact) mass is 320 g/mol. The number of hydrogen-bond donors (Lipinski definition) is 1. The van der Waals surface area contributed by atoms with Crippen LogP contribution in [0.1, 0.15) is 18.5 Å². The number of halogens is 1. The van der Waals surface area contributed by atoms with Crippen molar-refractivity contribution in [2.75, 3.05) is 6.54 Å². The lowest BCUT2D eigenvalue weighted by atomic mass is 10.1. The van der Waals surface area contributed by atoms with Crippen molar-refractivity contribution in [2.45, 2.75) is 19.5 Å². The zero-order valence-electron chi connectivity index (χ0n) is 10.8. The molecule has 1 heterocycles. The predicted octanol–water partition coefficient (Wildman–Crippen LogP) is 2.96. The van der Waals surface area contributed by atoms with E-state index in [4.69, 9.17) is 0 Å². The molecule has 0 spiro atoms. The molecule has 0 amide bonds. The molecule has 1 aromatic heterocycles. The quantitative estimate of drug-likeness (QED) is 0.919. The Labute approximate surface area is 121 Å². The Morgan fingerprint density at radius 1 is 1.21 bits per heavy atom. The summed E-state index contributed by atoms with van der Waals surface area (Å²) in [7, 11) is 0. The molecule has 0 fully saturated rings. The van der Waals surface area contributed by atoms with E-state index in [1.54, 1.807) is 16.7 Å². The number of nitrogens with one attached hydrogen (secondary N) is 1. The van der Waals surface area contributed by atoms with E-state index < -0.39 is 0 Å². The van der Waals surface area contributed by atoms with Gasteiger partial charge in [-0.05, 0) is 30.7 Å². The van der Waals surface area contributed by atoms with Crippen molar-refractivity contribution in [1.29, 1.82) is 0 Å². The fourth-order valence-electron chi connectivity index (χ4n) is 1.92. The molecule has 0 radical (unpaired) electrons. The molecular weight excluding hydrogens is 304 g/mol. The van der Waals surface area contributed by atoms with Gasteiger partial charge in [0.25, 0.3) is 5.56 Å². The summed E-state index contributed by atoms with van der Waals surface area (Å²) in [6, 6.07) is 13.7. The van der Waals surface area contributed by atoms with E-state index in [2.05, 4.69) is 40.3 Å². The van der Waals surface area contributed by atoms with Gasteiger partial charge in [-0.25, -0.2) is 0 Å². The van der Waals surface area contributed by atoms with Crippen LogP contribution in [-0.2, 0) is 6.54 Å². The van der Waals surface area contributed by atoms with Crippen LogP contribution in [0, 0.1) is 0 Å². The summed E-state index contributed by atoms with van der Waals surface area (Å²) < 4.78 is 2.79. The Morgan fingerprint density at radius 3 is 2.63 bits per heavy atom. The van der Waals surface area contributed by atoms with Gasteiger partial charge in [0.15, 0.2) is 0 Å². The summed E-state index contributed by atoms with van der Waals surface area (Å²) in [6.45, 7) is 3.57. The Bertz CT molecular complexity index is 577. The second-order valence-corrected chi connectivity index (χ2v) is 5.38. The van der Waals surface area contributed by atoms with E-state index in [0.717, 1.165) is 11.0 Å². The van der Waals surface area contributed by atoms with Crippen LogP contribution in [0.2, 0.25) is 0 Å². The third kappa shape index (κ3) is 4.04. The van der Waals surface area contributed by atoms with Gasteiger partial charge in [-0.15, -0.1) is 0 Å². The minimum atomic E-state index is 0.0422. The van der Waals surface area contributed by atoms with Gasteiger partial charge in [-0.1, -0.05) is 34.1 Å². The summed E-state index contributed by atoms with van der Waals surface area (Å²) in [6.07, 6.45) is 1.81. The standard InChI is InChI=1S/C15H17BrN2O/c1-12(13-5-7-14(16)8-6-13)17-9-11-18-10-3-2-4-15(18)19/h2-8,10,12,17H,9,11H2,1H3/t12-/m0/s1. The summed E-state index contributed by atoms with van der Waals surface area (Å²) >= 11 is 3.43. The van der Waals surface area contributed by atoms with Crippen molar-refractivity contribution in [3.05, 3.63) is 69.1 Å². The van der Waals surface area contributed by atoms with Gasteiger partial charge in [0.05, 0.1) is 0 Å². The molecule has 2 aromatic rings. The summed E-state index contributed by atoms with van der Waals surface area (Å²) in [5, 5.41) is 3.42. The zero-order chi connectivity index (χ0) is 13.7. The van der Waals surface area contributed by atoms with Crippen LogP contribution in [0.3, 0.4) is 0 Å². The van der Waals surface area contributed by atoms with E-state index in [0.29, 0.717) is 6.54 Å². The van der Waals surface area contributed by atoms with Gasteiger partial charge in [0.1, 0.15) is 0 Å². The highest BCUT2D eigenvalue weighted by atomic mass is 79.9. The minimum absolute atomic E-state index is 0.0422. The minimum Gasteiger partial charge on any atom is -0.314 e. The molecule has 1 atom stereocenters. The van der Waals surface area contributed by atoms with Crippen LogP contribution in [0.25, 0.3) is 0 Å². The SMILES string of the molecule is C[C@H](NCCn1ccccc1=O)c1ccc(Br)cc1. The molecular formula is C15H17BrN2O. The lowest BCUT2D eigenvalue weighted by Crippen LogP contribution is -2.27. The van der Waals surface area contributed by atoms with Crippen molar-refractivity contribution >= 4 is 15.9 Å². The molecule has 1 N–H and O–H groups in total. The smallest absolute Gasteiger partial charge is 0.250 e. The average molecular weight is 321 g/mol. The highest BCUT2D eigenvalue weighted by molar-refractivity contribution is 9.10. The number of benzene rings is 1. The van der Waals surface area contributed by atoms with Crippen molar-refractivity contribution in [3.8, 4) is 0 Å². The summed E-state index contributed by atoms with van der Waals surface area (Å²) in [4.78, 5) is 11.5. The molecule has 0 saturated heterocycles. The van der Waals surface area contributed by atoms with E-state index in [1.807, 2.05) is 24.4 Å². The average Bonchev–Trinajstić information content (AvgIpc) is 2.41. The molecule has 4 heteroatoms. The van der Waals surface area contributed by atoms with Gasteiger partial charge < -0.3 is 9.88 Å². The van der Waals surface area contributed by atoms with Crippen LogP contribution >= 0.6 is 15.9 Å². The van der Waals surface area contributed by atoms with Crippen molar-refractivity contribution < 1.29 is 0 Å². The Morgan fingerprint density at radius 2 is 1.95 bits per heavy atom. The van der Waals surface area contributed by atoms with Gasteiger partial charge in [0.2, 0.25) is 0 Å². The molecule has 0 aliphatic heterocycles. The Kier molecular flexibility index (Phi) is 4.93. The van der Waals surface area contributed by atoms with Crippen LogP contribution < -0.4 is 10.9 Å². The zero-order valence-corrected chi connectivity index (χ0v) is 12.4. The molecule has 0 saturated carbocycles. The van der Waals surface area contributed by atoms with Crippen LogP contribution in [0.4, 0.5) is 0 Å². The second-order valence-electron chi connectivity index (χ2n) is 4.46. The van der Waals surface area contributed by atoms with E-state index in [9.17, 15) is 4.79 Å². The lowest BCUT2D eigenvalue weighted by molar-refractivity contribution is 0.524. The molecule has 19 heavy (non-hydrogen) atoms. The molecule has 1 aromatic carbocycles. The van der Waals surface area contributed by atoms with E-state index in [-0.39, 0.29) is 11.6 Å². The molecule has 2 rings (SSSR count). The summed E-state index contributed by atoms with van der Waals surface area (Å²) in [5.41, 5.74) is 1.28. The Hall–Kier alpha value is -1.39. The summed E-state index contributed by atoms with van der Waals surface area (Å²) in [5.74, 6) is 0. The molecule has 0 aliphatic rings. The van der Waals surface area contributed by atoms with Crippen molar-refractivity contribution in [2.24, 2.45) is 0 Å². The first-order chi connectivity index (χ1) is 9.16. The van der Waals surface area contributed by atoms with Crippen LogP contribution in [-0.4, -0.2) is 11.1 Å². The third-order valence-corrected chi connectivity index (χ3v) is 3.60. The fraction of sp³-hybridized carbons (Fsp3) is 0.267. The maximum Gasteiger partial charge on any atom is 0.250 e. The predicted molar refractivity (Wildman–Crippen MR) is 81.3 cm³/mol. The van der Waals surface area contributed by atoms with Gasteiger partial charge >= 0.3 is 0 Å². The number of aromatic nitrogens is 1. The highest BCUT2D eigenvalue weighted by Gasteiger charge is 2.04. The highest BCUT2D eigenvalue weighted by Crippen LogP contribution is 2.16. The molecule has 0 unspecified atom stereocenters. The van der Waals surface area contributed by atoms with Gasteiger partial charge in [-0.3, -0.25) is 4.79 Å². The maximum atomic E-state index is 11.5. The third-order valence-electron chi connectivity index (χ3n) is 3.07. The maximum absolute atomic E-state index is 11.5. The molecule has 0 bridgehead atoms. The Balaban J connectivity index is 1.87. The van der Waals surface area contributed by atoms with E-state index in [1.165, 1.54) is 5.56 Å². The van der Waals surface area contributed by atoms with Crippen LogP contribution in [0.5, 0.6) is 0 Å². The first-order valence-corrected chi connectivity index (χ1v) is 7.10. The van der Waals surface area contributed by atoms with Gasteiger partial charge in [-0.2, -0.15) is 0 Å². The van der Waals surface area contributed by atoms with Crippen molar-refractivity contribution in [1.82, 2.24) is 9.88 Å². The van der Waals surface area contributed by atoms with Crippen molar-refractivity contribution in [3.63, 3.8) is 0 Å². The topological polar surface area (TPSA) is 34.0 Å². The molecule has 0 aliphatic carbocycles. The fourth-order valence-corrected chi connectivity index (χ4v) is 2.18. The molecule has 3 nitrogen and oxygen atoms in total. The first kappa shape index (κ1) is 14.0. The number of rotatable bonds is 5. The second kappa shape index (κ2) is 6.68. The first-order valence-electron chi connectivity index (χ1n) is 6.31. The van der Waals surface area contributed by atoms with Gasteiger partial charge in [0, 0.05) is 35.9 Å². The molecule has 100 valence electrons. The van der Waals surface area contributed by atoms with E-state index >= 15 is 0 Å².